The fourth-order valence-corrected chi connectivity index (χ4v) is 2.68. The van der Waals surface area contributed by atoms with Crippen LogP contribution in [-0.4, -0.2) is 31.1 Å². The number of halogens is 1. The Morgan fingerprint density at radius 1 is 1.39 bits per heavy atom. The van der Waals surface area contributed by atoms with Crippen molar-refractivity contribution in [2.45, 2.75) is 38.6 Å². The number of nitrogens with zero attached hydrogens (tertiary/aromatic N) is 1. The first-order chi connectivity index (χ1) is 8.68. The van der Waals surface area contributed by atoms with Crippen molar-refractivity contribution in [1.82, 2.24) is 4.90 Å². The van der Waals surface area contributed by atoms with Crippen LogP contribution in [0.15, 0.2) is 18.2 Å². The zero-order valence-corrected chi connectivity index (χ0v) is 11.4. The summed E-state index contributed by atoms with van der Waals surface area (Å²) in [6.07, 6.45) is 5.09. The van der Waals surface area contributed by atoms with E-state index >= 15 is 0 Å². The molecule has 0 aliphatic carbocycles. The summed E-state index contributed by atoms with van der Waals surface area (Å²) in [6.45, 7) is 3.95. The third-order valence-electron chi connectivity index (χ3n) is 3.98. The van der Waals surface area contributed by atoms with Crippen molar-refractivity contribution in [2.75, 3.05) is 25.5 Å². The van der Waals surface area contributed by atoms with Crippen molar-refractivity contribution >= 4 is 5.69 Å². The van der Waals surface area contributed by atoms with Gasteiger partial charge in [-0.3, -0.25) is 0 Å². The summed E-state index contributed by atoms with van der Waals surface area (Å²) < 4.78 is 13.4. The predicted octanol–water partition coefficient (Wildman–Crippen LogP) is 3.42. The Labute approximate surface area is 109 Å². The Morgan fingerprint density at radius 3 is 3.00 bits per heavy atom. The lowest BCUT2D eigenvalue weighted by Gasteiger charge is -2.32. The minimum atomic E-state index is -0.130. The summed E-state index contributed by atoms with van der Waals surface area (Å²) in [5.74, 6) is -0.130. The van der Waals surface area contributed by atoms with Crippen LogP contribution >= 0.6 is 0 Å². The first-order valence-electron chi connectivity index (χ1n) is 6.87. The van der Waals surface area contributed by atoms with Crippen LogP contribution in [-0.2, 0) is 0 Å². The average molecular weight is 250 g/mol. The van der Waals surface area contributed by atoms with Crippen LogP contribution in [0.2, 0.25) is 0 Å². The van der Waals surface area contributed by atoms with E-state index in [0.29, 0.717) is 6.04 Å². The van der Waals surface area contributed by atoms with Gasteiger partial charge in [0.05, 0.1) is 0 Å². The number of likely N-dealkylation sites (tertiary alicyclic amines) is 1. The van der Waals surface area contributed by atoms with Crippen molar-refractivity contribution in [3.05, 3.63) is 29.6 Å². The van der Waals surface area contributed by atoms with E-state index in [0.717, 1.165) is 24.2 Å². The molecule has 0 radical (unpaired) electrons. The van der Waals surface area contributed by atoms with Crippen molar-refractivity contribution in [2.24, 2.45) is 0 Å². The molecule has 1 fully saturated rings. The van der Waals surface area contributed by atoms with Gasteiger partial charge in [-0.15, -0.1) is 0 Å². The second-order valence-corrected chi connectivity index (χ2v) is 5.26. The Balaban J connectivity index is 1.83. The lowest BCUT2D eigenvalue weighted by Crippen LogP contribution is -2.37. The molecule has 1 saturated heterocycles. The van der Waals surface area contributed by atoms with Crippen LogP contribution in [0, 0.1) is 12.7 Å². The molecule has 2 rings (SSSR count). The van der Waals surface area contributed by atoms with Crippen LogP contribution in [0.1, 0.15) is 31.2 Å². The fourth-order valence-electron chi connectivity index (χ4n) is 2.68. The van der Waals surface area contributed by atoms with E-state index in [1.807, 2.05) is 13.0 Å². The van der Waals surface area contributed by atoms with Crippen molar-refractivity contribution in [1.29, 1.82) is 0 Å². The van der Waals surface area contributed by atoms with E-state index in [-0.39, 0.29) is 5.82 Å². The topological polar surface area (TPSA) is 15.3 Å². The predicted molar refractivity (Wildman–Crippen MR) is 74.5 cm³/mol. The van der Waals surface area contributed by atoms with Crippen molar-refractivity contribution < 1.29 is 4.39 Å². The zero-order valence-electron chi connectivity index (χ0n) is 11.4. The highest BCUT2D eigenvalue weighted by Crippen LogP contribution is 2.20. The summed E-state index contributed by atoms with van der Waals surface area (Å²) in [5, 5.41) is 3.35. The molecule has 3 heteroatoms. The smallest absolute Gasteiger partial charge is 0.128 e. The molecule has 1 unspecified atom stereocenters. The summed E-state index contributed by atoms with van der Waals surface area (Å²) in [4.78, 5) is 2.45. The molecule has 0 aromatic heterocycles. The highest BCUT2D eigenvalue weighted by Gasteiger charge is 2.18. The maximum atomic E-state index is 13.4. The van der Waals surface area contributed by atoms with Crippen molar-refractivity contribution in [3.63, 3.8) is 0 Å². The van der Waals surface area contributed by atoms with Crippen LogP contribution in [0.3, 0.4) is 0 Å². The third kappa shape index (κ3) is 3.22. The number of hydrogen-bond acceptors (Lipinski definition) is 2. The Hall–Kier alpha value is -1.09. The molecule has 100 valence electrons. The molecule has 1 N–H and O–H groups in total. The summed E-state index contributed by atoms with van der Waals surface area (Å²) >= 11 is 0. The number of nitrogens with one attached hydrogen (secondary N) is 1. The molecular formula is C15H23FN2. The SMILES string of the molecule is Cc1c(F)cccc1NCCC1CCCCN1C. The number of rotatable bonds is 4. The van der Waals surface area contributed by atoms with Gasteiger partial charge in [0.2, 0.25) is 0 Å². The largest absolute Gasteiger partial charge is 0.385 e. The summed E-state index contributed by atoms with van der Waals surface area (Å²) in [7, 11) is 2.21. The van der Waals surface area contributed by atoms with E-state index < -0.39 is 0 Å². The standard InChI is InChI=1S/C15H23FN2/c1-12-14(16)7-5-8-15(12)17-10-9-13-6-3-4-11-18(13)2/h5,7-8,13,17H,3-4,6,9-11H2,1-2H3. The molecule has 1 heterocycles. The van der Waals surface area contributed by atoms with E-state index in [2.05, 4.69) is 17.3 Å². The Kier molecular flexibility index (Phi) is 4.59. The summed E-state index contributed by atoms with van der Waals surface area (Å²) in [6, 6.07) is 5.90. The maximum Gasteiger partial charge on any atom is 0.128 e. The van der Waals surface area contributed by atoms with E-state index in [1.54, 1.807) is 6.07 Å². The van der Waals surface area contributed by atoms with Gasteiger partial charge in [-0.05, 0) is 51.9 Å². The number of piperidine rings is 1. The minimum Gasteiger partial charge on any atom is -0.385 e. The van der Waals surface area contributed by atoms with Crippen LogP contribution in [0.5, 0.6) is 0 Å². The van der Waals surface area contributed by atoms with Crippen LogP contribution in [0.25, 0.3) is 0 Å². The van der Waals surface area contributed by atoms with Gasteiger partial charge < -0.3 is 10.2 Å². The van der Waals surface area contributed by atoms with Gasteiger partial charge in [0.1, 0.15) is 5.82 Å². The van der Waals surface area contributed by atoms with Gasteiger partial charge in [-0.1, -0.05) is 12.5 Å². The number of hydrogen-bond donors (Lipinski definition) is 1. The summed E-state index contributed by atoms with van der Waals surface area (Å²) in [5.41, 5.74) is 1.64. The monoisotopic (exact) mass is 250 g/mol. The van der Waals surface area contributed by atoms with Gasteiger partial charge in [0.25, 0.3) is 0 Å². The normalized spacial score (nSPS) is 20.9. The van der Waals surface area contributed by atoms with Gasteiger partial charge in [-0.2, -0.15) is 0 Å². The first-order valence-corrected chi connectivity index (χ1v) is 6.87. The fraction of sp³-hybridized carbons (Fsp3) is 0.600. The second-order valence-electron chi connectivity index (χ2n) is 5.26. The van der Waals surface area contributed by atoms with Gasteiger partial charge in [-0.25, -0.2) is 4.39 Å². The molecule has 0 bridgehead atoms. The Morgan fingerprint density at radius 2 is 2.22 bits per heavy atom. The molecule has 18 heavy (non-hydrogen) atoms. The lowest BCUT2D eigenvalue weighted by molar-refractivity contribution is 0.179. The molecule has 1 aromatic carbocycles. The van der Waals surface area contributed by atoms with E-state index in [4.69, 9.17) is 0 Å². The number of benzene rings is 1. The third-order valence-corrected chi connectivity index (χ3v) is 3.98. The van der Waals surface area contributed by atoms with Gasteiger partial charge in [0.15, 0.2) is 0 Å². The first kappa shape index (κ1) is 13.3. The highest BCUT2D eigenvalue weighted by atomic mass is 19.1. The molecule has 0 spiro atoms. The second kappa shape index (κ2) is 6.19. The molecule has 1 aromatic rings. The molecule has 1 aliphatic heterocycles. The number of anilines is 1. The molecular weight excluding hydrogens is 227 g/mol. The average Bonchev–Trinajstić information content (AvgIpc) is 2.37. The van der Waals surface area contributed by atoms with E-state index in [9.17, 15) is 4.39 Å². The van der Waals surface area contributed by atoms with Gasteiger partial charge in [0, 0.05) is 23.8 Å². The quantitative estimate of drug-likeness (QED) is 0.881. The molecule has 0 saturated carbocycles. The van der Waals surface area contributed by atoms with Crippen LogP contribution in [0.4, 0.5) is 10.1 Å². The highest BCUT2D eigenvalue weighted by molar-refractivity contribution is 5.50. The minimum absolute atomic E-state index is 0.130. The van der Waals surface area contributed by atoms with Crippen LogP contribution < -0.4 is 5.32 Å². The Bertz CT molecular complexity index is 392. The molecule has 1 atom stereocenters. The maximum absolute atomic E-state index is 13.4. The van der Waals surface area contributed by atoms with E-state index in [1.165, 1.54) is 31.9 Å². The molecule has 2 nitrogen and oxygen atoms in total. The lowest BCUT2D eigenvalue weighted by atomic mass is 10.00. The zero-order chi connectivity index (χ0) is 13.0. The molecule has 1 aliphatic rings. The molecule has 0 amide bonds. The van der Waals surface area contributed by atoms with Gasteiger partial charge >= 0.3 is 0 Å². The van der Waals surface area contributed by atoms with Crippen molar-refractivity contribution in [3.8, 4) is 0 Å².